The van der Waals surface area contributed by atoms with E-state index < -0.39 is 79.2 Å². The Morgan fingerprint density at radius 1 is 1.24 bits per heavy atom. The van der Waals surface area contributed by atoms with Gasteiger partial charge in [-0.2, -0.15) is 0 Å². The number of hydrogen-bond acceptors (Lipinski definition) is 11. The molecule has 3 heterocycles. The van der Waals surface area contributed by atoms with Crippen LogP contribution in [0, 0.1) is 11.8 Å². The van der Waals surface area contributed by atoms with E-state index in [1.807, 2.05) is 0 Å². The third-order valence-electron chi connectivity index (χ3n) is 8.05. The molecule has 226 valence electrons. The Balaban J connectivity index is 1.70. The van der Waals surface area contributed by atoms with E-state index in [0.717, 1.165) is 0 Å². The van der Waals surface area contributed by atoms with Gasteiger partial charge in [0, 0.05) is 41.9 Å². The largest absolute Gasteiger partial charge is 0.481 e. The van der Waals surface area contributed by atoms with Crippen molar-refractivity contribution in [3.8, 4) is 0 Å². The number of aliphatic carboxylic acids is 1. The number of aromatic nitrogens is 1. The number of aliphatic hydroxyl groups is 5. The summed E-state index contributed by atoms with van der Waals surface area (Å²) in [6.07, 6.45) is 0.296. The van der Waals surface area contributed by atoms with Crippen LogP contribution in [0.25, 0.3) is 11.8 Å². The lowest BCUT2D eigenvalue weighted by atomic mass is 9.74. The lowest BCUT2D eigenvalue weighted by molar-refractivity contribution is -0.394. The minimum atomic E-state index is -2.27. The number of ether oxygens (including phenoxy) is 4. The molecule has 0 saturated carbocycles. The second kappa shape index (κ2) is 12.4. The van der Waals surface area contributed by atoms with Gasteiger partial charge in [0.1, 0.15) is 30.7 Å². The van der Waals surface area contributed by atoms with Crippen molar-refractivity contribution in [3.63, 3.8) is 0 Å². The van der Waals surface area contributed by atoms with E-state index in [1.165, 1.54) is 25.3 Å². The first-order chi connectivity index (χ1) is 19.6. The van der Waals surface area contributed by atoms with E-state index in [0.29, 0.717) is 22.7 Å². The topological polar surface area (TPSA) is 208 Å². The predicted octanol–water partition coefficient (Wildman–Crippen LogP) is -1.97. The summed E-state index contributed by atoms with van der Waals surface area (Å²) in [7, 11) is 1.18. The Bertz CT molecular complexity index is 1290. The number of nitrogens with one attached hydrogen (secondary N) is 1. The van der Waals surface area contributed by atoms with Gasteiger partial charge in [0.05, 0.1) is 31.6 Å². The molecule has 3 aliphatic rings. The summed E-state index contributed by atoms with van der Waals surface area (Å²) < 4.78 is 23.3. The quantitative estimate of drug-likeness (QED) is 0.113. The number of H-pyrrole nitrogens is 1. The molecule has 8 atom stereocenters. The third-order valence-corrected chi connectivity index (χ3v) is 8.05. The van der Waals surface area contributed by atoms with Crippen molar-refractivity contribution < 1.29 is 59.2 Å². The first-order valence-corrected chi connectivity index (χ1v) is 13.4. The molecule has 1 saturated heterocycles. The average molecular weight is 580 g/mol. The minimum absolute atomic E-state index is 0.0362. The Hall–Kier alpha value is -3.04. The van der Waals surface area contributed by atoms with Gasteiger partial charge in [-0.3, -0.25) is 4.79 Å². The van der Waals surface area contributed by atoms with Crippen molar-refractivity contribution in [2.75, 3.05) is 26.9 Å². The maximum Gasteiger partial charge on any atom is 0.333 e. The number of carbonyl (C=O) groups is 2. The molecule has 0 bridgehead atoms. The number of aromatic amines is 1. The number of rotatable bonds is 11. The minimum Gasteiger partial charge on any atom is -0.481 e. The van der Waals surface area contributed by atoms with Gasteiger partial charge in [-0.25, -0.2) is 4.79 Å². The summed E-state index contributed by atoms with van der Waals surface area (Å²) in [4.78, 5) is 27.1. The molecule has 4 rings (SSSR count). The molecule has 1 aromatic heterocycles. The fourth-order valence-electron chi connectivity index (χ4n) is 6.03. The standard InChI is InChI=1S/C28H37NO12/c1-3-16-18(11-22(33)34)17(26(37)38-2)6-7-19(16)40-28(14-32)25(36)24(35)27(21(13-31)41-28)12-15-8-9-29-23(15)20(39-27)5-4-10-30/h3,6,8-9,12,16,18-19,21,24-25,29-32,35-36H,1,4-5,7,10-11,13-14H2,2H3,(H,33,34). The molecule has 41 heavy (non-hydrogen) atoms. The second-order valence-corrected chi connectivity index (χ2v) is 10.4. The lowest BCUT2D eigenvalue weighted by Gasteiger charge is -2.55. The van der Waals surface area contributed by atoms with Crippen LogP contribution in [0.4, 0.5) is 0 Å². The normalized spacial score (nSPS) is 34.7. The smallest absolute Gasteiger partial charge is 0.333 e. The van der Waals surface area contributed by atoms with E-state index in [1.54, 1.807) is 12.3 Å². The van der Waals surface area contributed by atoms with Crippen LogP contribution in [-0.2, 0) is 28.5 Å². The summed E-state index contributed by atoms with van der Waals surface area (Å²) in [5.41, 5.74) is -1.65. The van der Waals surface area contributed by atoms with Crippen LogP contribution in [0.5, 0.6) is 0 Å². The maximum absolute atomic E-state index is 12.4. The van der Waals surface area contributed by atoms with Gasteiger partial charge in [0.15, 0.2) is 5.60 Å². The van der Waals surface area contributed by atoms with Gasteiger partial charge in [0.2, 0.25) is 5.79 Å². The van der Waals surface area contributed by atoms with Crippen molar-refractivity contribution in [2.24, 2.45) is 11.8 Å². The summed E-state index contributed by atoms with van der Waals surface area (Å²) in [6.45, 7) is 2.00. The molecule has 0 radical (unpaired) electrons. The Labute approximate surface area is 235 Å². The molecule has 7 N–H and O–H groups in total. The number of aliphatic hydroxyl groups excluding tert-OH is 5. The van der Waals surface area contributed by atoms with Gasteiger partial charge in [-0.1, -0.05) is 12.2 Å². The third kappa shape index (κ3) is 5.46. The monoisotopic (exact) mass is 579 g/mol. The molecular formula is C28H37NO12. The van der Waals surface area contributed by atoms with Crippen LogP contribution < -0.4 is 10.6 Å². The van der Waals surface area contributed by atoms with Crippen LogP contribution in [-0.4, -0.2) is 110 Å². The predicted molar refractivity (Wildman–Crippen MR) is 141 cm³/mol. The molecule has 13 nitrogen and oxygen atoms in total. The number of fused-ring (bicyclic) bond motifs is 1. The van der Waals surface area contributed by atoms with Crippen LogP contribution in [0.1, 0.15) is 25.7 Å². The van der Waals surface area contributed by atoms with E-state index in [9.17, 15) is 40.2 Å². The summed E-state index contributed by atoms with van der Waals surface area (Å²) in [5.74, 6) is -5.46. The van der Waals surface area contributed by atoms with E-state index in [4.69, 9.17) is 18.9 Å². The second-order valence-electron chi connectivity index (χ2n) is 10.4. The van der Waals surface area contributed by atoms with E-state index in [-0.39, 0.29) is 25.0 Å². The fourth-order valence-corrected chi connectivity index (χ4v) is 6.03. The highest BCUT2D eigenvalue weighted by atomic mass is 16.7. The Morgan fingerprint density at radius 2 is 2.00 bits per heavy atom. The molecular weight excluding hydrogens is 542 g/mol. The zero-order valence-electron chi connectivity index (χ0n) is 22.6. The summed E-state index contributed by atoms with van der Waals surface area (Å²) in [6, 6.07) is 1.72. The van der Waals surface area contributed by atoms with Crippen molar-refractivity contribution in [2.45, 2.75) is 61.5 Å². The van der Waals surface area contributed by atoms with Crippen molar-refractivity contribution in [1.82, 2.24) is 4.98 Å². The van der Waals surface area contributed by atoms with Gasteiger partial charge < -0.3 is 54.6 Å². The first kappa shape index (κ1) is 30.9. The lowest BCUT2D eigenvalue weighted by Crippen LogP contribution is -2.74. The molecule has 1 fully saturated rings. The molecule has 0 amide bonds. The number of hydrogen-bond donors (Lipinski definition) is 7. The highest BCUT2D eigenvalue weighted by Gasteiger charge is 2.64. The number of methoxy groups -OCH3 is 1. The fraction of sp³-hybridized carbons (Fsp3) is 0.571. The van der Waals surface area contributed by atoms with Gasteiger partial charge in [-0.05, 0) is 25.0 Å². The summed E-state index contributed by atoms with van der Waals surface area (Å²) >= 11 is 0. The van der Waals surface area contributed by atoms with Gasteiger partial charge in [0.25, 0.3) is 0 Å². The highest BCUT2D eigenvalue weighted by molar-refractivity contribution is 5.90. The highest BCUT2D eigenvalue weighted by Crippen LogP contribution is 2.45. The number of carbonyl (C=O) groups excluding carboxylic acids is 1. The average Bonchev–Trinajstić information content (AvgIpc) is 3.44. The van der Waals surface area contributed by atoms with Crippen LogP contribution >= 0.6 is 0 Å². The Kier molecular flexibility index (Phi) is 9.39. The molecule has 8 unspecified atom stereocenters. The number of carboxylic acids is 1. The molecule has 1 aliphatic carbocycles. The summed E-state index contributed by atoms with van der Waals surface area (Å²) in [5, 5.41) is 64.0. The van der Waals surface area contributed by atoms with Gasteiger partial charge in [-0.15, -0.1) is 6.58 Å². The molecule has 0 aromatic carbocycles. The van der Waals surface area contributed by atoms with E-state index >= 15 is 0 Å². The Morgan fingerprint density at radius 3 is 2.61 bits per heavy atom. The van der Waals surface area contributed by atoms with Crippen LogP contribution in [0.2, 0.25) is 0 Å². The molecule has 13 heteroatoms. The maximum atomic E-state index is 12.4. The van der Waals surface area contributed by atoms with Crippen LogP contribution in [0.15, 0.2) is 36.6 Å². The zero-order valence-corrected chi connectivity index (χ0v) is 22.6. The van der Waals surface area contributed by atoms with Gasteiger partial charge >= 0.3 is 11.9 Å². The number of esters is 1. The van der Waals surface area contributed by atoms with Crippen LogP contribution in [0.3, 0.4) is 0 Å². The van der Waals surface area contributed by atoms with Crippen molar-refractivity contribution in [1.29, 1.82) is 0 Å². The first-order valence-electron chi connectivity index (χ1n) is 13.4. The molecule has 2 aliphatic heterocycles. The number of carboxylic acid groups (broad SMARTS) is 1. The van der Waals surface area contributed by atoms with Crippen molar-refractivity contribution >= 4 is 23.8 Å². The van der Waals surface area contributed by atoms with Crippen molar-refractivity contribution in [3.05, 3.63) is 47.1 Å². The van der Waals surface area contributed by atoms with E-state index in [2.05, 4.69) is 11.6 Å². The zero-order chi connectivity index (χ0) is 29.9. The molecule has 1 spiro atoms. The molecule has 1 aromatic rings. The SMILES string of the molecule is C=CC1C(OC2(CO)OC(CO)C3(C=c4cc[nH]c4=C(CCCO)O3)C(O)C2O)CC=C(C(=O)OC)C1CC(=O)O.